The van der Waals surface area contributed by atoms with Crippen molar-refractivity contribution in [2.45, 2.75) is 45.6 Å². The van der Waals surface area contributed by atoms with Crippen molar-refractivity contribution in [3.8, 4) is 5.75 Å². The molecule has 1 unspecified atom stereocenters. The lowest BCUT2D eigenvalue weighted by atomic mass is 10.0. The molecule has 0 N–H and O–H groups in total. The second-order valence-corrected chi connectivity index (χ2v) is 6.21. The fraction of sp³-hybridized carbons (Fsp3) is 0.500. The van der Waals surface area contributed by atoms with Crippen LogP contribution in [-0.4, -0.2) is 40.1 Å². The molecule has 1 atom stereocenters. The molecule has 1 aliphatic rings. The molecule has 3 heterocycles. The van der Waals surface area contributed by atoms with Crippen molar-refractivity contribution in [2.75, 3.05) is 13.1 Å². The molecule has 1 amide bonds. The van der Waals surface area contributed by atoms with Crippen LogP contribution in [0.5, 0.6) is 5.75 Å². The van der Waals surface area contributed by atoms with Crippen molar-refractivity contribution < 1.29 is 14.1 Å². The van der Waals surface area contributed by atoms with Crippen LogP contribution in [0.15, 0.2) is 29.0 Å². The van der Waals surface area contributed by atoms with Crippen LogP contribution in [0.25, 0.3) is 0 Å². The first kappa shape index (κ1) is 16.5. The van der Waals surface area contributed by atoms with Gasteiger partial charge in [0.15, 0.2) is 0 Å². The lowest BCUT2D eigenvalue weighted by Crippen LogP contribution is -2.44. The number of aromatic nitrogens is 2. The quantitative estimate of drug-likeness (QED) is 0.843. The van der Waals surface area contributed by atoms with Crippen molar-refractivity contribution in [3.05, 3.63) is 41.5 Å². The van der Waals surface area contributed by atoms with E-state index in [1.54, 1.807) is 12.4 Å². The van der Waals surface area contributed by atoms with Crippen LogP contribution in [0.1, 0.15) is 36.3 Å². The van der Waals surface area contributed by atoms with Crippen molar-refractivity contribution in [2.24, 2.45) is 0 Å². The average molecular weight is 329 g/mol. The molecule has 24 heavy (non-hydrogen) atoms. The van der Waals surface area contributed by atoms with E-state index in [9.17, 15) is 4.79 Å². The number of carbonyl (C=O) groups excluding carboxylic acids is 1. The summed E-state index contributed by atoms with van der Waals surface area (Å²) in [5.41, 5.74) is 1.92. The molecule has 128 valence electrons. The first-order chi connectivity index (χ1) is 11.6. The van der Waals surface area contributed by atoms with Gasteiger partial charge >= 0.3 is 0 Å². The van der Waals surface area contributed by atoms with Gasteiger partial charge in [-0.3, -0.25) is 9.78 Å². The van der Waals surface area contributed by atoms with Crippen LogP contribution < -0.4 is 4.74 Å². The topological polar surface area (TPSA) is 68.5 Å². The summed E-state index contributed by atoms with van der Waals surface area (Å²) in [6.07, 6.45) is 6.55. The highest BCUT2D eigenvalue weighted by Crippen LogP contribution is 2.20. The van der Waals surface area contributed by atoms with Gasteiger partial charge in [0.25, 0.3) is 0 Å². The first-order valence-electron chi connectivity index (χ1n) is 8.39. The zero-order valence-corrected chi connectivity index (χ0v) is 14.2. The summed E-state index contributed by atoms with van der Waals surface area (Å²) in [6.45, 7) is 5.24. The third-order valence-electron chi connectivity index (χ3n) is 4.45. The van der Waals surface area contributed by atoms with E-state index in [0.717, 1.165) is 42.2 Å². The molecular formula is C18H23N3O3. The monoisotopic (exact) mass is 329 g/mol. The van der Waals surface area contributed by atoms with Crippen molar-refractivity contribution in [1.29, 1.82) is 0 Å². The van der Waals surface area contributed by atoms with Gasteiger partial charge in [-0.25, -0.2) is 0 Å². The molecule has 0 radical (unpaired) electrons. The number of ether oxygens (including phenoxy) is 1. The van der Waals surface area contributed by atoms with E-state index >= 15 is 0 Å². The van der Waals surface area contributed by atoms with E-state index in [-0.39, 0.29) is 12.0 Å². The Kier molecular flexibility index (Phi) is 5.13. The minimum Gasteiger partial charge on any atom is -0.488 e. The van der Waals surface area contributed by atoms with Crippen LogP contribution in [0.4, 0.5) is 0 Å². The molecular weight excluding hydrogens is 306 g/mol. The maximum Gasteiger partial charge on any atom is 0.223 e. The van der Waals surface area contributed by atoms with E-state index in [4.69, 9.17) is 9.26 Å². The van der Waals surface area contributed by atoms with Crippen molar-refractivity contribution in [3.63, 3.8) is 0 Å². The van der Waals surface area contributed by atoms with Gasteiger partial charge in [0.1, 0.15) is 17.6 Å². The Morgan fingerprint density at radius 3 is 2.88 bits per heavy atom. The summed E-state index contributed by atoms with van der Waals surface area (Å²) < 4.78 is 11.1. The summed E-state index contributed by atoms with van der Waals surface area (Å²) in [6, 6.07) is 3.69. The number of rotatable bonds is 5. The second-order valence-electron chi connectivity index (χ2n) is 6.21. The zero-order valence-electron chi connectivity index (χ0n) is 14.2. The summed E-state index contributed by atoms with van der Waals surface area (Å²) in [5, 5.41) is 3.94. The molecule has 1 saturated heterocycles. The highest BCUT2D eigenvalue weighted by Gasteiger charge is 2.25. The van der Waals surface area contributed by atoms with E-state index in [0.29, 0.717) is 19.4 Å². The minimum absolute atomic E-state index is 0.0455. The summed E-state index contributed by atoms with van der Waals surface area (Å²) >= 11 is 0. The number of aryl methyl sites for hydroxylation is 2. The SMILES string of the molecule is Cc1noc(C)c1CCC(=O)N1CCCC(Oc2ccncc2)C1. The predicted molar refractivity (Wildman–Crippen MR) is 88.8 cm³/mol. The largest absolute Gasteiger partial charge is 0.488 e. The van der Waals surface area contributed by atoms with Crippen LogP contribution in [0.3, 0.4) is 0 Å². The smallest absolute Gasteiger partial charge is 0.223 e. The fourth-order valence-electron chi connectivity index (χ4n) is 3.12. The van der Waals surface area contributed by atoms with Gasteiger partial charge in [-0.15, -0.1) is 0 Å². The molecule has 6 nitrogen and oxygen atoms in total. The van der Waals surface area contributed by atoms with Crippen LogP contribution >= 0.6 is 0 Å². The maximum absolute atomic E-state index is 12.5. The Morgan fingerprint density at radius 2 is 2.17 bits per heavy atom. The summed E-state index contributed by atoms with van der Waals surface area (Å²) in [5.74, 6) is 1.77. The number of hydrogen-bond donors (Lipinski definition) is 0. The summed E-state index contributed by atoms with van der Waals surface area (Å²) in [7, 11) is 0. The van der Waals surface area contributed by atoms with Gasteiger partial charge in [0.05, 0.1) is 12.2 Å². The van der Waals surface area contributed by atoms with E-state index < -0.39 is 0 Å². The Bertz CT molecular complexity index is 665. The third-order valence-corrected chi connectivity index (χ3v) is 4.45. The molecule has 3 rings (SSSR count). The fourth-order valence-corrected chi connectivity index (χ4v) is 3.12. The van der Waals surface area contributed by atoms with E-state index in [1.165, 1.54) is 0 Å². The molecule has 0 bridgehead atoms. The van der Waals surface area contributed by atoms with Crippen LogP contribution in [-0.2, 0) is 11.2 Å². The van der Waals surface area contributed by atoms with Gasteiger partial charge in [-0.05, 0) is 45.2 Å². The standard InChI is InChI=1S/C18H23N3O3/c1-13-17(14(2)24-20-13)5-6-18(22)21-11-3-4-16(12-21)23-15-7-9-19-10-8-15/h7-10,16H,3-6,11-12H2,1-2H3. The number of pyridine rings is 1. The average Bonchev–Trinajstić information content (AvgIpc) is 2.92. The lowest BCUT2D eigenvalue weighted by molar-refractivity contribution is -0.133. The molecule has 1 aliphatic heterocycles. The number of hydrogen-bond acceptors (Lipinski definition) is 5. The molecule has 1 fully saturated rings. The number of carbonyl (C=O) groups is 1. The van der Waals surface area contributed by atoms with Gasteiger partial charge in [-0.1, -0.05) is 5.16 Å². The normalized spacial score (nSPS) is 17.8. The number of likely N-dealkylation sites (tertiary alicyclic amines) is 1. The number of amides is 1. The van der Waals surface area contributed by atoms with Crippen molar-refractivity contribution in [1.82, 2.24) is 15.0 Å². The highest BCUT2D eigenvalue weighted by molar-refractivity contribution is 5.76. The van der Waals surface area contributed by atoms with Crippen LogP contribution in [0, 0.1) is 13.8 Å². The minimum atomic E-state index is 0.0455. The molecule has 2 aromatic heterocycles. The van der Waals surface area contributed by atoms with Gasteiger partial charge in [0.2, 0.25) is 5.91 Å². The molecule has 6 heteroatoms. The van der Waals surface area contributed by atoms with E-state index in [2.05, 4.69) is 10.1 Å². The molecule has 0 saturated carbocycles. The van der Waals surface area contributed by atoms with Gasteiger partial charge < -0.3 is 14.2 Å². The third kappa shape index (κ3) is 3.93. The Labute approximate surface area is 141 Å². The Hall–Kier alpha value is -2.37. The summed E-state index contributed by atoms with van der Waals surface area (Å²) in [4.78, 5) is 18.4. The zero-order chi connectivity index (χ0) is 16.9. The Morgan fingerprint density at radius 1 is 1.38 bits per heavy atom. The second kappa shape index (κ2) is 7.47. The first-order valence-corrected chi connectivity index (χ1v) is 8.39. The maximum atomic E-state index is 12.5. The van der Waals surface area contributed by atoms with E-state index in [1.807, 2.05) is 30.9 Å². The predicted octanol–water partition coefficient (Wildman–Crippen LogP) is 2.69. The Balaban J connectivity index is 1.53. The molecule has 2 aromatic rings. The van der Waals surface area contributed by atoms with Gasteiger partial charge in [0, 0.05) is 30.9 Å². The number of piperidine rings is 1. The van der Waals surface area contributed by atoms with Crippen molar-refractivity contribution >= 4 is 5.91 Å². The molecule has 0 aromatic carbocycles. The highest BCUT2D eigenvalue weighted by atomic mass is 16.5. The van der Waals surface area contributed by atoms with Gasteiger partial charge in [-0.2, -0.15) is 0 Å². The molecule has 0 spiro atoms. The number of nitrogens with zero attached hydrogens (tertiary/aromatic N) is 3. The molecule has 0 aliphatic carbocycles. The van der Waals surface area contributed by atoms with Crippen LogP contribution in [0.2, 0.25) is 0 Å². The lowest BCUT2D eigenvalue weighted by Gasteiger charge is -2.33.